The standard InChI is InChI=1S/C16H17Br3N2O2/c1-10-4-3-5-11(8-10)21-7-6-12(13(21)22)20(2)14(23)15(17)9-16(15,18)19/h3-5,8,12H,6-7,9H2,1-2H3. The van der Waals surface area contributed by atoms with Crippen LogP contribution in [0.25, 0.3) is 0 Å². The summed E-state index contributed by atoms with van der Waals surface area (Å²) >= 11 is 10.5. The van der Waals surface area contributed by atoms with Crippen molar-refractivity contribution in [2.75, 3.05) is 18.5 Å². The van der Waals surface area contributed by atoms with Crippen LogP contribution in [-0.2, 0) is 9.59 Å². The zero-order chi connectivity index (χ0) is 17.0. The third-order valence-corrected chi connectivity index (χ3v) is 8.81. The Bertz CT molecular complexity index is 679. The minimum absolute atomic E-state index is 0.0158. The maximum absolute atomic E-state index is 12.8. The minimum atomic E-state index is -0.675. The van der Waals surface area contributed by atoms with E-state index in [9.17, 15) is 9.59 Å². The van der Waals surface area contributed by atoms with Gasteiger partial charge in [-0.15, -0.1) is 0 Å². The smallest absolute Gasteiger partial charge is 0.249 e. The van der Waals surface area contributed by atoms with E-state index in [1.54, 1.807) is 16.8 Å². The van der Waals surface area contributed by atoms with E-state index in [4.69, 9.17) is 0 Å². The van der Waals surface area contributed by atoms with Gasteiger partial charge < -0.3 is 9.80 Å². The number of alkyl halides is 3. The molecule has 0 bridgehead atoms. The highest BCUT2D eigenvalue weighted by atomic mass is 79.9. The van der Waals surface area contributed by atoms with Crippen LogP contribution in [0.15, 0.2) is 24.3 Å². The van der Waals surface area contributed by atoms with Crippen molar-refractivity contribution in [3.63, 3.8) is 0 Å². The van der Waals surface area contributed by atoms with E-state index >= 15 is 0 Å². The summed E-state index contributed by atoms with van der Waals surface area (Å²) in [6.07, 6.45) is 1.29. The number of rotatable bonds is 3. The van der Waals surface area contributed by atoms with Gasteiger partial charge in [-0.1, -0.05) is 59.9 Å². The predicted molar refractivity (Wildman–Crippen MR) is 102 cm³/mol. The molecule has 1 aromatic rings. The van der Waals surface area contributed by atoms with Crippen LogP contribution in [0.1, 0.15) is 18.4 Å². The molecule has 4 nitrogen and oxygen atoms in total. The van der Waals surface area contributed by atoms with Gasteiger partial charge in [0.2, 0.25) is 11.8 Å². The Hall–Kier alpha value is -0.400. The fraction of sp³-hybridized carbons (Fsp3) is 0.500. The fourth-order valence-electron chi connectivity index (χ4n) is 2.99. The molecule has 2 fully saturated rings. The lowest BCUT2D eigenvalue weighted by Gasteiger charge is -2.27. The van der Waals surface area contributed by atoms with Gasteiger partial charge in [-0.2, -0.15) is 0 Å². The Morgan fingerprint density at radius 3 is 2.57 bits per heavy atom. The lowest BCUT2D eigenvalue weighted by Crippen LogP contribution is -2.47. The first-order valence-electron chi connectivity index (χ1n) is 7.39. The number of hydrogen-bond acceptors (Lipinski definition) is 2. The number of likely N-dealkylation sites (N-methyl/N-ethyl adjacent to an activating group) is 1. The summed E-state index contributed by atoms with van der Waals surface area (Å²) in [7, 11) is 1.71. The number of halogens is 3. The average molecular weight is 509 g/mol. The molecule has 7 heteroatoms. The summed E-state index contributed by atoms with van der Waals surface area (Å²) in [6.45, 7) is 2.64. The summed E-state index contributed by atoms with van der Waals surface area (Å²) in [4.78, 5) is 28.8. The van der Waals surface area contributed by atoms with Crippen molar-refractivity contribution in [2.24, 2.45) is 0 Å². The van der Waals surface area contributed by atoms with E-state index in [0.29, 0.717) is 19.4 Å². The first-order chi connectivity index (χ1) is 10.7. The van der Waals surface area contributed by atoms with Crippen LogP contribution in [0.4, 0.5) is 5.69 Å². The Labute approximate surface area is 161 Å². The molecule has 1 aromatic carbocycles. The number of nitrogens with zero attached hydrogens (tertiary/aromatic N) is 2. The second-order valence-corrected chi connectivity index (χ2v) is 11.4. The van der Waals surface area contributed by atoms with Crippen LogP contribution >= 0.6 is 47.8 Å². The van der Waals surface area contributed by atoms with Crippen molar-refractivity contribution in [1.29, 1.82) is 0 Å². The largest absolute Gasteiger partial charge is 0.332 e. The SMILES string of the molecule is Cc1cccc(N2CCC(N(C)C(=O)C3(Br)CC3(Br)Br)C2=O)c1. The van der Waals surface area contributed by atoms with E-state index in [0.717, 1.165) is 11.3 Å². The van der Waals surface area contributed by atoms with Crippen LogP contribution < -0.4 is 4.90 Å². The first-order valence-corrected chi connectivity index (χ1v) is 9.77. The molecule has 2 aliphatic rings. The number of aryl methyl sites for hydroxylation is 1. The van der Waals surface area contributed by atoms with Crippen LogP contribution in [0.2, 0.25) is 0 Å². The summed E-state index contributed by atoms with van der Waals surface area (Å²) in [5.41, 5.74) is 2.01. The highest BCUT2D eigenvalue weighted by molar-refractivity contribution is 9.26. The van der Waals surface area contributed by atoms with Crippen molar-refractivity contribution >= 4 is 65.3 Å². The zero-order valence-corrected chi connectivity index (χ0v) is 17.6. The average Bonchev–Trinajstić information content (AvgIpc) is 2.81. The lowest BCUT2D eigenvalue weighted by molar-refractivity contribution is -0.136. The molecule has 1 saturated carbocycles. The molecule has 0 aromatic heterocycles. The van der Waals surface area contributed by atoms with Gasteiger partial charge in [-0.25, -0.2) is 0 Å². The molecule has 3 rings (SSSR count). The van der Waals surface area contributed by atoms with Crippen LogP contribution in [0.3, 0.4) is 0 Å². The van der Waals surface area contributed by atoms with E-state index in [-0.39, 0.29) is 11.8 Å². The molecular formula is C16H17Br3N2O2. The monoisotopic (exact) mass is 506 g/mol. The summed E-state index contributed by atoms with van der Waals surface area (Å²) in [5, 5.41) is 0. The second kappa shape index (κ2) is 5.85. The summed E-state index contributed by atoms with van der Waals surface area (Å²) in [6, 6.07) is 7.47. The highest BCUT2D eigenvalue weighted by Gasteiger charge is 2.70. The van der Waals surface area contributed by atoms with Crippen LogP contribution in [0, 0.1) is 6.92 Å². The van der Waals surface area contributed by atoms with Crippen molar-refractivity contribution in [2.45, 2.75) is 33.4 Å². The summed E-state index contributed by atoms with van der Waals surface area (Å²) in [5.74, 6) is -0.0892. The number of benzene rings is 1. The van der Waals surface area contributed by atoms with Crippen molar-refractivity contribution < 1.29 is 9.59 Å². The maximum Gasteiger partial charge on any atom is 0.249 e. The van der Waals surface area contributed by atoms with Crippen molar-refractivity contribution in [3.05, 3.63) is 29.8 Å². The first kappa shape index (κ1) is 17.4. The van der Waals surface area contributed by atoms with Gasteiger partial charge in [-0.3, -0.25) is 9.59 Å². The Balaban J connectivity index is 1.76. The van der Waals surface area contributed by atoms with Gasteiger partial charge in [0.1, 0.15) is 13.6 Å². The highest BCUT2D eigenvalue weighted by Crippen LogP contribution is 2.65. The molecular weight excluding hydrogens is 492 g/mol. The number of hydrogen-bond donors (Lipinski definition) is 0. The third kappa shape index (κ3) is 2.89. The van der Waals surface area contributed by atoms with Crippen molar-refractivity contribution in [1.82, 2.24) is 4.90 Å². The number of carbonyl (C=O) groups is 2. The van der Waals surface area contributed by atoms with E-state index in [2.05, 4.69) is 47.8 Å². The van der Waals surface area contributed by atoms with Gasteiger partial charge in [0, 0.05) is 25.7 Å². The van der Waals surface area contributed by atoms with Gasteiger partial charge in [0.05, 0.1) is 0 Å². The molecule has 0 N–H and O–H groups in total. The molecule has 1 aliphatic carbocycles. The van der Waals surface area contributed by atoms with Gasteiger partial charge in [0.25, 0.3) is 0 Å². The van der Waals surface area contributed by atoms with Crippen LogP contribution in [0.5, 0.6) is 0 Å². The van der Waals surface area contributed by atoms with E-state index in [1.165, 1.54) is 0 Å². The molecule has 2 amide bonds. The summed E-state index contributed by atoms with van der Waals surface area (Å²) < 4.78 is -1.10. The Kier molecular flexibility index (Phi) is 4.43. The molecule has 0 spiro atoms. The topological polar surface area (TPSA) is 40.6 Å². The molecule has 124 valence electrons. The third-order valence-electron chi connectivity index (χ3n) is 4.54. The van der Waals surface area contributed by atoms with Gasteiger partial charge in [-0.05, 0) is 31.0 Å². The lowest BCUT2D eigenvalue weighted by atomic mass is 10.2. The maximum atomic E-state index is 12.8. The minimum Gasteiger partial charge on any atom is -0.332 e. The molecule has 2 unspecified atom stereocenters. The molecule has 0 radical (unpaired) electrons. The molecule has 1 heterocycles. The number of carbonyl (C=O) groups excluding carboxylic acids is 2. The molecule has 2 atom stereocenters. The number of anilines is 1. The van der Waals surface area contributed by atoms with Crippen LogP contribution in [-0.4, -0.2) is 43.9 Å². The molecule has 1 saturated heterocycles. The fourth-order valence-corrected chi connectivity index (χ4v) is 5.62. The molecule has 1 aliphatic heterocycles. The normalized spacial score (nSPS) is 28.8. The van der Waals surface area contributed by atoms with E-state index in [1.807, 2.05) is 31.2 Å². The predicted octanol–water partition coefficient (Wildman–Crippen LogP) is 3.58. The van der Waals surface area contributed by atoms with E-state index < -0.39 is 13.6 Å². The zero-order valence-electron chi connectivity index (χ0n) is 12.9. The molecule has 23 heavy (non-hydrogen) atoms. The Morgan fingerprint density at radius 1 is 1.35 bits per heavy atom. The number of amides is 2. The second-order valence-electron chi connectivity index (χ2n) is 6.23. The quantitative estimate of drug-likeness (QED) is 0.586. The van der Waals surface area contributed by atoms with Crippen molar-refractivity contribution in [3.8, 4) is 0 Å². The van der Waals surface area contributed by atoms with Gasteiger partial charge in [0.15, 0.2) is 0 Å². The Morgan fingerprint density at radius 2 is 2.00 bits per heavy atom. The van der Waals surface area contributed by atoms with Gasteiger partial charge >= 0.3 is 0 Å².